The SMILES string of the molecule is N[C@H](c1cc(F)ccc1F)[C@@H](O)C(F)(F)F. The van der Waals surface area contributed by atoms with Crippen LogP contribution in [-0.2, 0) is 0 Å². The average molecular weight is 241 g/mol. The number of halogens is 5. The first kappa shape index (κ1) is 12.9. The Bertz CT molecular complexity index is 379. The maximum Gasteiger partial charge on any atom is 0.416 e. The molecule has 90 valence electrons. The molecule has 0 aliphatic heterocycles. The summed E-state index contributed by atoms with van der Waals surface area (Å²) in [6, 6.07) is -0.149. The van der Waals surface area contributed by atoms with E-state index in [2.05, 4.69) is 0 Å². The second kappa shape index (κ2) is 4.34. The van der Waals surface area contributed by atoms with Crippen LogP contribution in [0.25, 0.3) is 0 Å². The number of rotatable bonds is 2. The van der Waals surface area contributed by atoms with Gasteiger partial charge in [-0.1, -0.05) is 0 Å². The van der Waals surface area contributed by atoms with Gasteiger partial charge in [0.25, 0.3) is 0 Å². The van der Waals surface area contributed by atoms with Crippen molar-refractivity contribution in [1.29, 1.82) is 0 Å². The highest BCUT2D eigenvalue weighted by molar-refractivity contribution is 5.23. The van der Waals surface area contributed by atoms with Crippen LogP contribution in [0.2, 0.25) is 0 Å². The van der Waals surface area contributed by atoms with Crippen molar-refractivity contribution in [3.8, 4) is 0 Å². The third-order valence-electron chi connectivity index (χ3n) is 1.99. The summed E-state index contributed by atoms with van der Waals surface area (Å²) in [7, 11) is 0. The Balaban J connectivity index is 3.05. The number of hydrogen-bond acceptors (Lipinski definition) is 2. The van der Waals surface area contributed by atoms with Crippen LogP contribution in [0.15, 0.2) is 18.2 Å². The third kappa shape index (κ3) is 2.67. The molecule has 0 unspecified atom stereocenters. The fourth-order valence-electron chi connectivity index (χ4n) is 1.14. The highest BCUT2D eigenvalue weighted by atomic mass is 19.4. The quantitative estimate of drug-likeness (QED) is 0.776. The monoisotopic (exact) mass is 241 g/mol. The van der Waals surface area contributed by atoms with Gasteiger partial charge in [0.15, 0.2) is 6.10 Å². The number of aliphatic hydroxyl groups is 1. The van der Waals surface area contributed by atoms with Crippen molar-refractivity contribution in [1.82, 2.24) is 0 Å². The van der Waals surface area contributed by atoms with Crippen LogP contribution in [0.5, 0.6) is 0 Å². The molecular formula is C9H8F5NO. The third-order valence-corrected chi connectivity index (χ3v) is 1.99. The Morgan fingerprint density at radius 2 is 1.75 bits per heavy atom. The molecule has 0 amide bonds. The molecule has 0 radical (unpaired) electrons. The molecule has 3 N–H and O–H groups in total. The molecule has 0 bridgehead atoms. The molecule has 2 nitrogen and oxygen atoms in total. The first-order chi connectivity index (χ1) is 7.23. The second-order valence-electron chi connectivity index (χ2n) is 3.18. The van der Waals surface area contributed by atoms with Crippen molar-refractivity contribution in [2.24, 2.45) is 5.73 Å². The molecule has 1 aromatic carbocycles. The predicted molar refractivity (Wildman–Crippen MR) is 45.3 cm³/mol. The van der Waals surface area contributed by atoms with Crippen LogP contribution in [0.4, 0.5) is 22.0 Å². The van der Waals surface area contributed by atoms with Gasteiger partial charge in [-0.25, -0.2) is 8.78 Å². The van der Waals surface area contributed by atoms with Crippen molar-refractivity contribution in [3.63, 3.8) is 0 Å². The maximum atomic E-state index is 13.0. The smallest absolute Gasteiger partial charge is 0.382 e. The summed E-state index contributed by atoms with van der Waals surface area (Å²) >= 11 is 0. The zero-order valence-electron chi connectivity index (χ0n) is 7.80. The fraction of sp³-hybridized carbons (Fsp3) is 0.333. The Labute approximate surface area is 87.5 Å². The zero-order valence-corrected chi connectivity index (χ0v) is 7.80. The van der Waals surface area contributed by atoms with E-state index in [1.165, 1.54) is 0 Å². The van der Waals surface area contributed by atoms with E-state index in [9.17, 15) is 22.0 Å². The van der Waals surface area contributed by atoms with Gasteiger partial charge in [-0.2, -0.15) is 13.2 Å². The lowest BCUT2D eigenvalue weighted by molar-refractivity contribution is -0.210. The molecule has 7 heteroatoms. The minimum atomic E-state index is -4.99. The van der Waals surface area contributed by atoms with Crippen molar-refractivity contribution in [2.45, 2.75) is 18.3 Å². The molecular weight excluding hydrogens is 233 g/mol. The first-order valence-corrected chi connectivity index (χ1v) is 4.19. The summed E-state index contributed by atoms with van der Waals surface area (Å²) in [6.07, 6.45) is -7.93. The van der Waals surface area contributed by atoms with Crippen LogP contribution >= 0.6 is 0 Å². The number of hydrogen-bond donors (Lipinski definition) is 2. The van der Waals surface area contributed by atoms with Gasteiger partial charge in [0, 0.05) is 5.56 Å². The summed E-state index contributed by atoms with van der Waals surface area (Å²) in [5.74, 6) is -2.03. The summed E-state index contributed by atoms with van der Waals surface area (Å²) in [5.41, 5.74) is 4.30. The Morgan fingerprint density at radius 3 is 2.25 bits per heavy atom. The average Bonchev–Trinajstić information content (AvgIpc) is 2.18. The summed E-state index contributed by atoms with van der Waals surface area (Å²) in [6.45, 7) is 0. The Morgan fingerprint density at radius 1 is 1.19 bits per heavy atom. The van der Waals surface area contributed by atoms with Crippen molar-refractivity contribution >= 4 is 0 Å². The topological polar surface area (TPSA) is 46.2 Å². The highest BCUT2D eigenvalue weighted by Gasteiger charge is 2.43. The van der Waals surface area contributed by atoms with Crippen LogP contribution in [0.3, 0.4) is 0 Å². The largest absolute Gasteiger partial charge is 0.416 e. The lowest BCUT2D eigenvalue weighted by atomic mass is 10.0. The minimum Gasteiger partial charge on any atom is -0.382 e. The number of nitrogens with two attached hydrogens (primary N) is 1. The molecule has 0 saturated heterocycles. The van der Waals surface area contributed by atoms with Crippen molar-refractivity contribution in [3.05, 3.63) is 35.4 Å². The van der Waals surface area contributed by atoms with Crippen molar-refractivity contribution in [2.75, 3.05) is 0 Å². The van der Waals surface area contributed by atoms with Gasteiger partial charge in [0.05, 0.1) is 6.04 Å². The highest BCUT2D eigenvalue weighted by Crippen LogP contribution is 2.29. The second-order valence-corrected chi connectivity index (χ2v) is 3.18. The van der Waals surface area contributed by atoms with Crippen LogP contribution in [-0.4, -0.2) is 17.4 Å². The minimum absolute atomic E-state index is 0.523. The zero-order chi connectivity index (χ0) is 12.5. The van der Waals surface area contributed by atoms with E-state index in [0.717, 1.165) is 6.07 Å². The molecule has 0 spiro atoms. The normalized spacial score (nSPS) is 15.9. The molecule has 0 aliphatic rings. The Kier molecular flexibility index (Phi) is 3.49. The standard InChI is InChI=1S/C9H8F5NO/c10-4-1-2-6(11)5(3-4)7(15)8(16)9(12,13)14/h1-3,7-8,16H,15H2/t7-,8-/m1/s1. The van der Waals surface area contributed by atoms with Gasteiger partial charge in [0.2, 0.25) is 0 Å². The number of benzene rings is 1. The molecule has 0 aromatic heterocycles. The number of alkyl halides is 3. The first-order valence-electron chi connectivity index (χ1n) is 4.19. The lowest BCUT2D eigenvalue weighted by Gasteiger charge is -2.21. The predicted octanol–water partition coefficient (Wildman–Crippen LogP) is 1.89. The van der Waals surface area contributed by atoms with E-state index in [1.54, 1.807) is 0 Å². The van der Waals surface area contributed by atoms with E-state index >= 15 is 0 Å². The summed E-state index contributed by atoms with van der Waals surface area (Å²) in [4.78, 5) is 0. The maximum absolute atomic E-state index is 13.0. The summed E-state index contributed by atoms with van der Waals surface area (Å²) in [5, 5.41) is 8.78. The van der Waals surface area contributed by atoms with Gasteiger partial charge < -0.3 is 10.8 Å². The van der Waals surface area contributed by atoms with Crippen LogP contribution in [0, 0.1) is 11.6 Å². The van der Waals surface area contributed by atoms with Crippen molar-refractivity contribution < 1.29 is 27.1 Å². The fourth-order valence-corrected chi connectivity index (χ4v) is 1.14. The van der Waals surface area contributed by atoms with E-state index in [4.69, 9.17) is 10.8 Å². The van der Waals surface area contributed by atoms with E-state index in [-0.39, 0.29) is 0 Å². The van der Waals surface area contributed by atoms with Gasteiger partial charge >= 0.3 is 6.18 Å². The molecule has 1 rings (SSSR count). The van der Waals surface area contributed by atoms with Crippen LogP contribution in [0.1, 0.15) is 11.6 Å². The number of aliphatic hydroxyl groups excluding tert-OH is 1. The van der Waals surface area contributed by atoms with E-state index in [1.807, 2.05) is 0 Å². The lowest BCUT2D eigenvalue weighted by Crippen LogP contribution is -2.39. The van der Waals surface area contributed by atoms with E-state index < -0.39 is 35.5 Å². The Hall–Kier alpha value is -1.21. The van der Waals surface area contributed by atoms with Gasteiger partial charge in [-0.05, 0) is 18.2 Å². The molecule has 0 aliphatic carbocycles. The van der Waals surface area contributed by atoms with Gasteiger partial charge in [0.1, 0.15) is 11.6 Å². The molecule has 0 heterocycles. The molecule has 1 aromatic rings. The summed E-state index contributed by atoms with van der Waals surface area (Å²) < 4.78 is 61.9. The molecule has 16 heavy (non-hydrogen) atoms. The van der Waals surface area contributed by atoms with E-state index in [0.29, 0.717) is 12.1 Å². The van der Waals surface area contributed by atoms with Crippen LogP contribution < -0.4 is 5.73 Å². The molecule has 0 fully saturated rings. The van der Waals surface area contributed by atoms with Gasteiger partial charge in [-0.3, -0.25) is 0 Å². The molecule has 0 saturated carbocycles. The van der Waals surface area contributed by atoms with Gasteiger partial charge in [-0.15, -0.1) is 0 Å². The molecule has 2 atom stereocenters.